The van der Waals surface area contributed by atoms with Crippen LogP contribution in [0.15, 0.2) is 48.0 Å². The van der Waals surface area contributed by atoms with Gasteiger partial charge in [-0.3, -0.25) is 4.90 Å². The Labute approximate surface area is 211 Å². The van der Waals surface area contributed by atoms with Gasteiger partial charge >= 0.3 is 0 Å². The van der Waals surface area contributed by atoms with Gasteiger partial charge in [0.1, 0.15) is 30.0 Å². The Hall–Kier alpha value is -2.28. The number of allylic oxidation sites excluding steroid dienone is 1. The fraction of sp³-hybridized carbons (Fsp3) is 0.517. The number of hydrogen-bond acceptors (Lipinski definition) is 5. The Morgan fingerprint density at radius 3 is 2.46 bits per heavy atom. The molecule has 1 saturated heterocycles. The first-order valence-electron chi connectivity index (χ1n) is 13.0. The Morgan fingerprint density at radius 1 is 1.00 bits per heavy atom. The number of likely N-dealkylation sites (tertiary alicyclic amines) is 1. The number of rotatable bonds is 10. The predicted molar refractivity (Wildman–Crippen MR) is 145 cm³/mol. The second-order valence-corrected chi connectivity index (χ2v) is 16.6. The molecule has 5 nitrogen and oxygen atoms in total. The van der Waals surface area contributed by atoms with E-state index in [2.05, 4.69) is 43.6 Å². The molecule has 35 heavy (non-hydrogen) atoms. The largest absolute Gasteiger partial charge is 0.508 e. The summed E-state index contributed by atoms with van der Waals surface area (Å²) in [4.78, 5) is 2.49. The first-order chi connectivity index (χ1) is 16.8. The molecule has 1 unspecified atom stereocenters. The Balaban J connectivity index is 1.45. The van der Waals surface area contributed by atoms with Gasteiger partial charge in [0.05, 0.1) is 6.61 Å². The van der Waals surface area contributed by atoms with Gasteiger partial charge in [0, 0.05) is 38.4 Å². The molecule has 2 aromatic carbocycles. The highest BCUT2D eigenvalue weighted by Gasteiger charge is 2.29. The van der Waals surface area contributed by atoms with Crippen molar-refractivity contribution in [1.82, 2.24) is 4.90 Å². The Kier molecular flexibility index (Phi) is 8.58. The number of hydrogen-bond donors (Lipinski definition) is 1. The lowest BCUT2D eigenvalue weighted by molar-refractivity contribution is 0.142. The predicted octanol–water partition coefficient (Wildman–Crippen LogP) is 6.52. The molecule has 1 fully saturated rings. The van der Waals surface area contributed by atoms with Crippen molar-refractivity contribution in [2.24, 2.45) is 0 Å². The molecule has 2 heterocycles. The number of nitrogens with zero attached hydrogens (tertiary/aromatic N) is 1. The van der Waals surface area contributed by atoms with E-state index in [1.54, 1.807) is 12.1 Å². The van der Waals surface area contributed by atoms with Crippen LogP contribution in [-0.2, 0) is 4.74 Å². The third-order valence-corrected chi connectivity index (χ3v) is 8.68. The number of ether oxygens (including phenoxy) is 3. The van der Waals surface area contributed by atoms with Crippen LogP contribution in [0.5, 0.6) is 17.2 Å². The minimum atomic E-state index is -1.15. The van der Waals surface area contributed by atoms with Gasteiger partial charge in [-0.1, -0.05) is 38.2 Å². The Bertz CT molecular complexity index is 1010. The summed E-state index contributed by atoms with van der Waals surface area (Å²) in [6.45, 7) is 14.6. The lowest BCUT2D eigenvalue weighted by atomic mass is 9.90. The molecule has 6 heteroatoms. The highest BCUT2D eigenvalue weighted by atomic mass is 28.3. The summed E-state index contributed by atoms with van der Waals surface area (Å²) in [5, 5.41) is 10.0. The van der Waals surface area contributed by atoms with Gasteiger partial charge in [-0.2, -0.15) is 0 Å². The van der Waals surface area contributed by atoms with E-state index in [9.17, 15) is 5.11 Å². The first-order valence-corrected chi connectivity index (χ1v) is 16.7. The van der Waals surface area contributed by atoms with E-state index in [0.29, 0.717) is 19.0 Å². The van der Waals surface area contributed by atoms with Gasteiger partial charge in [-0.25, -0.2) is 0 Å². The average molecular weight is 496 g/mol. The topological polar surface area (TPSA) is 51.2 Å². The van der Waals surface area contributed by atoms with E-state index in [1.807, 2.05) is 18.2 Å². The van der Waals surface area contributed by atoms with Crippen LogP contribution in [0, 0.1) is 0 Å². The molecule has 1 N–H and O–H groups in total. The molecule has 2 aliphatic rings. The summed E-state index contributed by atoms with van der Waals surface area (Å²) in [5.41, 5.74) is 4.37. The molecular weight excluding hydrogens is 454 g/mol. The Morgan fingerprint density at radius 2 is 1.74 bits per heavy atom. The van der Waals surface area contributed by atoms with E-state index in [-0.39, 0.29) is 11.9 Å². The van der Waals surface area contributed by atoms with Gasteiger partial charge in [-0.05, 0) is 74.3 Å². The zero-order chi connectivity index (χ0) is 24.8. The maximum atomic E-state index is 10.0. The zero-order valence-electron chi connectivity index (χ0n) is 21.8. The van der Waals surface area contributed by atoms with E-state index in [1.165, 1.54) is 32.4 Å². The smallest absolute Gasteiger partial charge is 0.148 e. The van der Waals surface area contributed by atoms with Crippen molar-refractivity contribution in [3.8, 4) is 17.2 Å². The van der Waals surface area contributed by atoms with Crippen LogP contribution in [-0.4, -0.2) is 57.5 Å². The normalized spacial score (nSPS) is 18.8. The molecule has 0 aromatic heterocycles. The number of piperidine rings is 1. The van der Waals surface area contributed by atoms with Crippen molar-refractivity contribution in [3.63, 3.8) is 0 Å². The van der Waals surface area contributed by atoms with E-state index in [4.69, 9.17) is 14.2 Å². The minimum absolute atomic E-state index is 0.211. The van der Waals surface area contributed by atoms with Crippen LogP contribution in [0.25, 0.3) is 5.57 Å². The van der Waals surface area contributed by atoms with Gasteiger partial charge in [0.2, 0.25) is 0 Å². The molecule has 1 atom stereocenters. The maximum absolute atomic E-state index is 10.0. The third-order valence-electron chi connectivity index (χ3n) is 6.97. The molecular formula is C29H41NO4Si. The average Bonchev–Trinajstić information content (AvgIpc) is 2.83. The van der Waals surface area contributed by atoms with Gasteiger partial charge in [0.15, 0.2) is 0 Å². The lowest BCUT2D eigenvalue weighted by Crippen LogP contribution is -2.33. The highest BCUT2D eigenvalue weighted by Crippen LogP contribution is 2.43. The van der Waals surface area contributed by atoms with Gasteiger partial charge in [0.25, 0.3) is 0 Å². The quantitative estimate of drug-likeness (QED) is 0.300. The molecule has 2 aromatic rings. The summed E-state index contributed by atoms with van der Waals surface area (Å²) in [5.74, 6) is 1.80. The van der Waals surface area contributed by atoms with E-state index in [0.717, 1.165) is 47.2 Å². The van der Waals surface area contributed by atoms with Crippen molar-refractivity contribution < 1.29 is 19.3 Å². The second-order valence-electron chi connectivity index (χ2n) is 11.0. The summed E-state index contributed by atoms with van der Waals surface area (Å²) in [6, 6.07) is 14.7. The third kappa shape index (κ3) is 7.12. The van der Waals surface area contributed by atoms with Crippen molar-refractivity contribution >= 4 is 13.6 Å². The summed E-state index contributed by atoms with van der Waals surface area (Å²) >= 11 is 0. The molecule has 2 aliphatic heterocycles. The number of phenolic OH excluding ortho intramolecular Hbond substituents is 1. The van der Waals surface area contributed by atoms with Crippen molar-refractivity contribution in [2.75, 3.05) is 39.5 Å². The number of fused-ring (bicyclic) bond motifs is 1. The molecule has 4 rings (SSSR count). The van der Waals surface area contributed by atoms with Crippen LogP contribution < -0.4 is 9.47 Å². The van der Waals surface area contributed by atoms with Crippen molar-refractivity contribution in [2.45, 2.75) is 58.0 Å². The zero-order valence-corrected chi connectivity index (χ0v) is 22.8. The molecule has 0 amide bonds. The van der Waals surface area contributed by atoms with Crippen LogP contribution in [0.4, 0.5) is 0 Å². The first kappa shape index (κ1) is 25.8. The van der Waals surface area contributed by atoms with Crippen LogP contribution in [0.3, 0.4) is 0 Å². The second kappa shape index (κ2) is 11.6. The SMILES string of the molecule is CC1=C(COCC[Si](C)(C)C)C(c2ccc(OCCN3CCCCC3)cc2)Oc2cc(O)ccc21. The molecule has 0 radical (unpaired) electrons. The molecule has 0 aliphatic carbocycles. The minimum Gasteiger partial charge on any atom is -0.508 e. The lowest BCUT2D eigenvalue weighted by Gasteiger charge is -2.31. The summed E-state index contributed by atoms with van der Waals surface area (Å²) in [7, 11) is -1.15. The van der Waals surface area contributed by atoms with E-state index >= 15 is 0 Å². The standard InChI is InChI=1S/C29H41NO4Si/c1-22-26-13-10-24(31)20-28(26)34-29(27(22)21-32-18-19-35(2,3)4)23-8-11-25(12-9-23)33-17-16-30-14-6-5-7-15-30/h8-13,20,29,31H,5-7,14-19,21H2,1-4H3. The molecule has 0 bridgehead atoms. The van der Waals surface area contributed by atoms with Gasteiger partial charge < -0.3 is 19.3 Å². The van der Waals surface area contributed by atoms with E-state index < -0.39 is 8.07 Å². The van der Waals surface area contributed by atoms with Crippen molar-refractivity contribution in [3.05, 3.63) is 59.2 Å². The number of phenols is 1. The van der Waals surface area contributed by atoms with Crippen LogP contribution in [0.2, 0.25) is 25.7 Å². The maximum Gasteiger partial charge on any atom is 0.148 e. The number of benzene rings is 2. The van der Waals surface area contributed by atoms with Crippen LogP contribution in [0.1, 0.15) is 43.4 Å². The fourth-order valence-electron chi connectivity index (χ4n) is 4.71. The molecule has 190 valence electrons. The molecule has 0 saturated carbocycles. The number of aromatic hydroxyl groups is 1. The summed E-state index contributed by atoms with van der Waals surface area (Å²) in [6.07, 6.45) is 3.70. The highest BCUT2D eigenvalue weighted by molar-refractivity contribution is 6.76. The molecule has 0 spiro atoms. The van der Waals surface area contributed by atoms with Crippen LogP contribution >= 0.6 is 0 Å². The fourth-order valence-corrected chi connectivity index (χ4v) is 5.47. The van der Waals surface area contributed by atoms with Gasteiger partial charge in [-0.15, -0.1) is 0 Å². The van der Waals surface area contributed by atoms with Crippen molar-refractivity contribution in [1.29, 1.82) is 0 Å². The summed E-state index contributed by atoms with van der Waals surface area (Å²) < 4.78 is 18.6. The monoisotopic (exact) mass is 495 g/mol.